The second kappa shape index (κ2) is 4.77. The molecule has 0 bridgehead atoms. The monoisotopic (exact) mass is 228 g/mol. The molecular weight excluding hydrogens is 212 g/mol. The van der Waals surface area contributed by atoms with Gasteiger partial charge in [-0.25, -0.2) is 0 Å². The second-order valence-corrected chi connectivity index (χ2v) is 3.80. The van der Waals surface area contributed by atoms with Gasteiger partial charge in [-0.05, 0) is 6.54 Å². The molecule has 2 atom stereocenters. The topological polar surface area (TPSA) is 94.7 Å². The van der Waals surface area contributed by atoms with E-state index in [0.717, 1.165) is 6.54 Å². The minimum Gasteiger partial charge on any atom is -0.407 e. The molecule has 7 heteroatoms. The maximum atomic E-state index is 9.38. The SMILES string of the molecule is CCNCc1nnc(N2CC(O)C(O)C2)o1. The van der Waals surface area contributed by atoms with Gasteiger partial charge in [-0.15, -0.1) is 5.10 Å². The summed E-state index contributed by atoms with van der Waals surface area (Å²) in [5.74, 6) is 0.507. The Labute approximate surface area is 93.1 Å². The maximum absolute atomic E-state index is 9.38. The lowest BCUT2D eigenvalue weighted by Gasteiger charge is -2.10. The number of hydrogen-bond donors (Lipinski definition) is 3. The van der Waals surface area contributed by atoms with Crippen molar-refractivity contribution in [2.24, 2.45) is 0 Å². The molecule has 1 aromatic rings. The highest BCUT2D eigenvalue weighted by Crippen LogP contribution is 2.18. The Kier molecular flexibility index (Phi) is 3.37. The predicted octanol–water partition coefficient (Wildman–Crippen LogP) is -1.28. The molecule has 0 radical (unpaired) electrons. The summed E-state index contributed by atoms with van der Waals surface area (Å²) >= 11 is 0. The van der Waals surface area contributed by atoms with Gasteiger partial charge in [0, 0.05) is 0 Å². The zero-order valence-electron chi connectivity index (χ0n) is 9.13. The first-order valence-electron chi connectivity index (χ1n) is 5.35. The lowest BCUT2D eigenvalue weighted by atomic mass is 10.3. The number of aliphatic hydroxyl groups is 2. The van der Waals surface area contributed by atoms with E-state index in [1.165, 1.54) is 0 Å². The van der Waals surface area contributed by atoms with E-state index in [1.54, 1.807) is 4.90 Å². The zero-order chi connectivity index (χ0) is 11.5. The summed E-state index contributed by atoms with van der Waals surface area (Å²) in [7, 11) is 0. The van der Waals surface area contributed by atoms with Crippen LogP contribution >= 0.6 is 0 Å². The lowest BCUT2D eigenvalue weighted by molar-refractivity contribution is 0.0572. The number of anilines is 1. The van der Waals surface area contributed by atoms with Gasteiger partial charge < -0.3 is 24.8 Å². The van der Waals surface area contributed by atoms with Crippen molar-refractivity contribution in [3.63, 3.8) is 0 Å². The molecule has 0 spiro atoms. The molecular formula is C9H16N4O3. The molecule has 90 valence electrons. The number of rotatable bonds is 4. The van der Waals surface area contributed by atoms with Crippen LogP contribution in [0.25, 0.3) is 0 Å². The minimum atomic E-state index is -0.746. The van der Waals surface area contributed by atoms with Gasteiger partial charge in [-0.2, -0.15) is 0 Å². The molecule has 0 aromatic carbocycles. The van der Waals surface area contributed by atoms with Crippen LogP contribution in [-0.4, -0.2) is 52.3 Å². The van der Waals surface area contributed by atoms with Gasteiger partial charge in [0.25, 0.3) is 0 Å². The smallest absolute Gasteiger partial charge is 0.318 e. The summed E-state index contributed by atoms with van der Waals surface area (Å²) in [6.07, 6.45) is -1.49. The van der Waals surface area contributed by atoms with Crippen LogP contribution in [-0.2, 0) is 6.54 Å². The van der Waals surface area contributed by atoms with E-state index in [9.17, 15) is 10.2 Å². The van der Waals surface area contributed by atoms with Crippen LogP contribution in [0.3, 0.4) is 0 Å². The number of aliphatic hydroxyl groups excluding tert-OH is 2. The van der Waals surface area contributed by atoms with E-state index in [0.29, 0.717) is 31.5 Å². The van der Waals surface area contributed by atoms with Crippen molar-refractivity contribution in [2.75, 3.05) is 24.5 Å². The summed E-state index contributed by atoms with van der Waals surface area (Å²) in [6.45, 7) is 4.00. The van der Waals surface area contributed by atoms with E-state index in [4.69, 9.17) is 4.42 Å². The molecule has 3 N–H and O–H groups in total. The average Bonchev–Trinajstić information content (AvgIpc) is 2.84. The summed E-state index contributed by atoms with van der Waals surface area (Å²) < 4.78 is 5.39. The van der Waals surface area contributed by atoms with Crippen LogP contribution in [0, 0.1) is 0 Å². The number of β-amino-alcohol motifs (C(OH)–C–C–N with tert-alkyl or cyclic N) is 2. The van der Waals surface area contributed by atoms with Crippen molar-refractivity contribution in [1.82, 2.24) is 15.5 Å². The standard InChI is InChI=1S/C9H16N4O3/c1-2-10-3-8-11-12-9(16-8)13-4-6(14)7(15)5-13/h6-7,10,14-15H,2-5H2,1H3. The molecule has 0 saturated carbocycles. The van der Waals surface area contributed by atoms with Crippen LogP contribution < -0.4 is 10.2 Å². The summed E-state index contributed by atoms with van der Waals surface area (Å²) in [4.78, 5) is 1.68. The van der Waals surface area contributed by atoms with Crippen molar-refractivity contribution in [1.29, 1.82) is 0 Å². The number of hydrogen-bond acceptors (Lipinski definition) is 7. The highest BCUT2D eigenvalue weighted by Gasteiger charge is 2.32. The normalized spacial score (nSPS) is 25.3. The fraction of sp³-hybridized carbons (Fsp3) is 0.778. The molecule has 0 aliphatic carbocycles. The van der Waals surface area contributed by atoms with E-state index in [1.807, 2.05) is 6.92 Å². The number of nitrogens with zero attached hydrogens (tertiary/aromatic N) is 3. The molecule has 2 unspecified atom stereocenters. The van der Waals surface area contributed by atoms with Crippen molar-refractivity contribution in [3.8, 4) is 0 Å². The summed E-state index contributed by atoms with van der Waals surface area (Å²) in [5, 5.41) is 29.6. The maximum Gasteiger partial charge on any atom is 0.318 e. The predicted molar refractivity (Wildman–Crippen MR) is 55.9 cm³/mol. The third-order valence-corrected chi connectivity index (χ3v) is 2.51. The molecule has 1 saturated heterocycles. The van der Waals surface area contributed by atoms with Crippen molar-refractivity contribution in [3.05, 3.63) is 5.89 Å². The van der Waals surface area contributed by atoms with Crippen LogP contribution in [0.1, 0.15) is 12.8 Å². The Balaban J connectivity index is 1.97. The van der Waals surface area contributed by atoms with Crippen LogP contribution in [0.2, 0.25) is 0 Å². The molecule has 1 aromatic heterocycles. The van der Waals surface area contributed by atoms with Crippen molar-refractivity contribution in [2.45, 2.75) is 25.7 Å². The molecule has 2 rings (SSSR count). The Morgan fingerprint density at radius 2 is 2.06 bits per heavy atom. The van der Waals surface area contributed by atoms with Crippen LogP contribution in [0.5, 0.6) is 0 Å². The zero-order valence-corrected chi connectivity index (χ0v) is 9.13. The Morgan fingerprint density at radius 3 is 2.69 bits per heavy atom. The van der Waals surface area contributed by atoms with Gasteiger partial charge in [0.1, 0.15) is 0 Å². The molecule has 7 nitrogen and oxygen atoms in total. The van der Waals surface area contributed by atoms with Gasteiger partial charge in [0.2, 0.25) is 5.89 Å². The molecule has 1 aliphatic heterocycles. The Bertz CT molecular complexity index is 333. The van der Waals surface area contributed by atoms with E-state index in [-0.39, 0.29) is 0 Å². The first kappa shape index (κ1) is 11.3. The Hall–Kier alpha value is -1.18. The average molecular weight is 228 g/mol. The van der Waals surface area contributed by atoms with Crippen LogP contribution in [0.15, 0.2) is 4.42 Å². The van der Waals surface area contributed by atoms with E-state index < -0.39 is 12.2 Å². The highest BCUT2D eigenvalue weighted by molar-refractivity contribution is 5.28. The van der Waals surface area contributed by atoms with E-state index >= 15 is 0 Å². The lowest BCUT2D eigenvalue weighted by Crippen LogP contribution is -2.22. The van der Waals surface area contributed by atoms with Crippen molar-refractivity contribution >= 4 is 6.01 Å². The summed E-state index contributed by atoms with van der Waals surface area (Å²) in [5.41, 5.74) is 0. The minimum absolute atomic E-state index is 0.323. The third-order valence-electron chi connectivity index (χ3n) is 2.51. The highest BCUT2D eigenvalue weighted by atomic mass is 16.4. The van der Waals surface area contributed by atoms with Gasteiger partial charge in [0.15, 0.2) is 0 Å². The van der Waals surface area contributed by atoms with Gasteiger partial charge in [-0.1, -0.05) is 12.0 Å². The number of aromatic nitrogens is 2. The van der Waals surface area contributed by atoms with Crippen LogP contribution in [0.4, 0.5) is 6.01 Å². The fourth-order valence-electron chi connectivity index (χ4n) is 1.60. The molecule has 0 amide bonds. The molecule has 2 heterocycles. The molecule has 1 aliphatic rings. The van der Waals surface area contributed by atoms with Crippen molar-refractivity contribution < 1.29 is 14.6 Å². The molecule has 1 fully saturated rings. The number of nitrogens with one attached hydrogen (secondary N) is 1. The van der Waals surface area contributed by atoms with E-state index in [2.05, 4.69) is 15.5 Å². The fourth-order valence-corrected chi connectivity index (χ4v) is 1.60. The Morgan fingerprint density at radius 1 is 1.38 bits per heavy atom. The second-order valence-electron chi connectivity index (χ2n) is 3.80. The first-order chi connectivity index (χ1) is 7.70. The first-order valence-corrected chi connectivity index (χ1v) is 5.35. The van der Waals surface area contributed by atoms with Gasteiger partial charge in [-0.3, -0.25) is 0 Å². The molecule has 16 heavy (non-hydrogen) atoms. The third kappa shape index (κ3) is 2.31. The largest absolute Gasteiger partial charge is 0.407 e. The van der Waals surface area contributed by atoms with Gasteiger partial charge in [0.05, 0.1) is 31.8 Å². The summed E-state index contributed by atoms with van der Waals surface area (Å²) in [6, 6.07) is 0.350. The van der Waals surface area contributed by atoms with Gasteiger partial charge >= 0.3 is 6.01 Å². The quantitative estimate of drug-likeness (QED) is 0.591.